The average Bonchev–Trinajstić information content (AvgIpc) is 2.43. The summed E-state index contributed by atoms with van der Waals surface area (Å²) in [5, 5.41) is 0. The minimum Gasteiger partial charge on any atom is -0.466 e. The van der Waals surface area contributed by atoms with Gasteiger partial charge in [-0.3, -0.25) is 4.79 Å². The highest BCUT2D eigenvalue weighted by atomic mass is 19.1. The van der Waals surface area contributed by atoms with Crippen LogP contribution in [0.5, 0.6) is 0 Å². The molecular formula is C16H14F2O2. The topological polar surface area (TPSA) is 26.3 Å². The van der Waals surface area contributed by atoms with Gasteiger partial charge in [0.15, 0.2) is 0 Å². The normalized spacial score (nSPS) is 10.3. The molecule has 0 amide bonds. The van der Waals surface area contributed by atoms with Crippen molar-refractivity contribution in [1.82, 2.24) is 0 Å². The zero-order chi connectivity index (χ0) is 14.5. The zero-order valence-electron chi connectivity index (χ0n) is 11.0. The number of carbonyl (C=O) groups is 1. The van der Waals surface area contributed by atoms with Crippen LogP contribution in [-0.2, 0) is 16.0 Å². The first-order chi connectivity index (χ1) is 9.60. The summed E-state index contributed by atoms with van der Waals surface area (Å²) >= 11 is 0. The highest BCUT2D eigenvalue weighted by Crippen LogP contribution is 2.24. The van der Waals surface area contributed by atoms with E-state index in [1.165, 1.54) is 0 Å². The van der Waals surface area contributed by atoms with Gasteiger partial charge in [0, 0.05) is 5.56 Å². The Labute approximate surface area is 116 Å². The maximum absolute atomic E-state index is 13.6. The van der Waals surface area contributed by atoms with E-state index in [1.54, 1.807) is 31.2 Å². The summed E-state index contributed by atoms with van der Waals surface area (Å²) in [7, 11) is 0. The van der Waals surface area contributed by atoms with Gasteiger partial charge >= 0.3 is 5.97 Å². The third-order valence-electron chi connectivity index (χ3n) is 2.85. The predicted molar refractivity (Wildman–Crippen MR) is 72.1 cm³/mol. The second-order valence-electron chi connectivity index (χ2n) is 4.30. The molecule has 0 aliphatic rings. The molecule has 0 spiro atoms. The van der Waals surface area contributed by atoms with Crippen molar-refractivity contribution in [3.05, 3.63) is 59.7 Å². The molecule has 0 aliphatic carbocycles. The fourth-order valence-electron chi connectivity index (χ4n) is 1.90. The molecule has 0 aliphatic heterocycles. The Kier molecular flexibility index (Phi) is 4.45. The van der Waals surface area contributed by atoms with E-state index in [-0.39, 0.29) is 18.0 Å². The number of esters is 1. The highest BCUT2D eigenvalue weighted by molar-refractivity contribution is 5.73. The second-order valence-corrected chi connectivity index (χ2v) is 4.30. The first-order valence-corrected chi connectivity index (χ1v) is 6.30. The highest BCUT2D eigenvalue weighted by Gasteiger charge is 2.08. The molecule has 0 unspecified atom stereocenters. The van der Waals surface area contributed by atoms with Crippen molar-refractivity contribution >= 4 is 5.97 Å². The monoisotopic (exact) mass is 276 g/mol. The number of benzene rings is 2. The van der Waals surface area contributed by atoms with E-state index in [0.717, 1.165) is 23.8 Å². The van der Waals surface area contributed by atoms with Gasteiger partial charge in [0.25, 0.3) is 0 Å². The van der Waals surface area contributed by atoms with E-state index in [9.17, 15) is 13.6 Å². The van der Waals surface area contributed by atoms with Gasteiger partial charge in [-0.25, -0.2) is 8.78 Å². The Morgan fingerprint density at radius 1 is 1.10 bits per heavy atom. The van der Waals surface area contributed by atoms with Gasteiger partial charge in [0.05, 0.1) is 13.0 Å². The molecule has 2 aromatic carbocycles. The first-order valence-electron chi connectivity index (χ1n) is 6.30. The molecular weight excluding hydrogens is 262 g/mol. The largest absolute Gasteiger partial charge is 0.466 e. The molecule has 0 saturated carbocycles. The van der Waals surface area contributed by atoms with Gasteiger partial charge in [0.1, 0.15) is 11.6 Å². The third kappa shape index (κ3) is 3.41. The number of carbonyl (C=O) groups excluding carboxylic acids is 1. The summed E-state index contributed by atoms with van der Waals surface area (Å²) in [6, 6.07) is 10.0. The van der Waals surface area contributed by atoms with Crippen LogP contribution in [0.2, 0.25) is 0 Å². The van der Waals surface area contributed by atoms with E-state index in [2.05, 4.69) is 0 Å². The van der Waals surface area contributed by atoms with E-state index < -0.39 is 11.6 Å². The van der Waals surface area contributed by atoms with E-state index in [0.29, 0.717) is 12.2 Å². The molecule has 2 rings (SSSR count). The molecule has 0 atom stereocenters. The Hall–Kier alpha value is -2.23. The lowest BCUT2D eigenvalue weighted by Crippen LogP contribution is -2.07. The van der Waals surface area contributed by atoms with Gasteiger partial charge < -0.3 is 4.74 Å². The molecule has 2 nitrogen and oxygen atoms in total. The number of hydrogen-bond donors (Lipinski definition) is 0. The van der Waals surface area contributed by atoms with Crippen LogP contribution < -0.4 is 0 Å². The van der Waals surface area contributed by atoms with Gasteiger partial charge in [-0.05, 0) is 36.2 Å². The second kappa shape index (κ2) is 6.28. The summed E-state index contributed by atoms with van der Waals surface area (Å²) in [6.45, 7) is 2.08. The molecule has 104 valence electrons. The van der Waals surface area contributed by atoms with Crippen molar-refractivity contribution in [1.29, 1.82) is 0 Å². The standard InChI is InChI=1S/C16H14F2O2/c1-2-20-16(19)9-11-3-5-12(6-4-11)14-10-13(17)7-8-15(14)18/h3-8,10H,2,9H2,1H3. The Balaban J connectivity index is 2.19. The van der Waals surface area contributed by atoms with Crippen LogP contribution in [0.3, 0.4) is 0 Å². The fourth-order valence-corrected chi connectivity index (χ4v) is 1.90. The van der Waals surface area contributed by atoms with Crippen molar-refractivity contribution in [3.8, 4) is 11.1 Å². The average molecular weight is 276 g/mol. The Bertz CT molecular complexity index is 606. The van der Waals surface area contributed by atoms with Crippen molar-refractivity contribution in [2.24, 2.45) is 0 Å². The fraction of sp³-hybridized carbons (Fsp3) is 0.188. The SMILES string of the molecule is CCOC(=O)Cc1ccc(-c2cc(F)ccc2F)cc1. The van der Waals surface area contributed by atoms with Crippen LogP contribution in [0.25, 0.3) is 11.1 Å². The summed E-state index contributed by atoms with van der Waals surface area (Å²) in [6.07, 6.45) is 0.166. The van der Waals surface area contributed by atoms with Gasteiger partial charge in [-0.1, -0.05) is 24.3 Å². The van der Waals surface area contributed by atoms with Gasteiger partial charge in [0.2, 0.25) is 0 Å². The number of rotatable bonds is 4. The molecule has 20 heavy (non-hydrogen) atoms. The van der Waals surface area contributed by atoms with Crippen LogP contribution >= 0.6 is 0 Å². The molecule has 0 aromatic heterocycles. The molecule has 2 aromatic rings. The lowest BCUT2D eigenvalue weighted by atomic mass is 10.0. The predicted octanol–water partition coefficient (Wildman–Crippen LogP) is 3.74. The van der Waals surface area contributed by atoms with E-state index >= 15 is 0 Å². The molecule has 0 radical (unpaired) electrons. The Morgan fingerprint density at radius 2 is 1.80 bits per heavy atom. The molecule has 4 heteroatoms. The minimum atomic E-state index is -0.489. The lowest BCUT2D eigenvalue weighted by Gasteiger charge is -2.06. The summed E-state index contributed by atoms with van der Waals surface area (Å²) in [5.41, 5.74) is 1.53. The van der Waals surface area contributed by atoms with E-state index in [1.807, 2.05) is 0 Å². The van der Waals surface area contributed by atoms with Crippen molar-refractivity contribution < 1.29 is 18.3 Å². The smallest absolute Gasteiger partial charge is 0.310 e. The maximum atomic E-state index is 13.6. The molecule has 0 fully saturated rings. The van der Waals surface area contributed by atoms with Crippen LogP contribution in [0, 0.1) is 11.6 Å². The number of ether oxygens (including phenoxy) is 1. The van der Waals surface area contributed by atoms with Crippen LogP contribution in [0.15, 0.2) is 42.5 Å². The van der Waals surface area contributed by atoms with Crippen molar-refractivity contribution in [2.75, 3.05) is 6.61 Å². The minimum absolute atomic E-state index is 0.166. The number of halogens is 2. The van der Waals surface area contributed by atoms with Gasteiger partial charge in [-0.2, -0.15) is 0 Å². The molecule has 0 heterocycles. The number of hydrogen-bond acceptors (Lipinski definition) is 2. The van der Waals surface area contributed by atoms with E-state index in [4.69, 9.17) is 4.74 Å². The lowest BCUT2D eigenvalue weighted by molar-refractivity contribution is -0.142. The summed E-state index contributed by atoms with van der Waals surface area (Å²) < 4.78 is 31.6. The van der Waals surface area contributed by atoms with Crippen molar-refractivity contribution in [3.63, 3.8) is 0 Å². The van der Waals surface area contributed by atoms with Crippen molar-refractivity contribution in [2.45, 2.75) is 13.3 Å². The first kappa shape index (κ1) is 14.2. The molecule has 0 bridgehead atoms. The third-order valence-corrected chi connectivity index (χ3v) is 2.85. The zero-order valence-corrected chi connectivity index (χ0v) is 11.0. The summed E-state index contributed by atoms with van der Waals surface area (Å²) in [5.74, 6) is -1.28. The maximum Gasteiger partial charge on any atom is 0.310 e. The van der Waals surface area contributed by atoms with Crippen LogP contribution in [0.4, 0.5) is 8.78 Å². The Morgan fingerprint density at radius 3 is 2.45 bits per heavy atom. The van der Waals surface area contributed by atoms with Gasteiger partial charge in [-0.15, -0.1) is 0 Å². The van der Waals surface area contributed by atoms with Crippen LogP contribution in [-0.4, -0.2) is 12.6 Å². The summed E-state index contributed by atoms with van der Waals surface area (Å²) in [4.78, 5) is 11.3. The quantitative estimate of drug-likeness (QED) is 0.795. The molecule has 0 N–H and O–H groups in total. The molecule has 0 saturated heterocycles. The van der Waals surface area contributed by atoms with Crippen LogP contribution in [0.1, 0.15) is 12.5 Å².